The summed E-state index contributed by atoms with van der Waals surface area (Å²) < 4.78 is 0.932. The van der Waals surface area contributed by atoms with Crippen LogP contribution < -0.4 is 5.32 Å². The SMILES string of the molecule is Cc1cc(Br)ccc1SCC(=O)NC(CC(=O)O)C(=O)O. The van der Waals surface area contributed by atoms with Gasteiger partial charge in [0.1, 0.15) is 6.04 Å². The molecule has 0 bridgehead atoms. The Bertz CT molecular complexity index is 563. The number of hydrogen-bond acceptors (Lipinski definition) is 4. The van der Waals surface area contributed by atoms with Gasteiger partial charge in [0.15, 0.2) is 0 Å². The van der Waals surface area contributed by atoms with Crippen LogP contribution in [0.3, 0.4) is 0 Å². The molecular formula is C13H14BrNO5S. The van der Waals surface area contributed by atoms with Crippen molar-refractivity contribution >= 4 is 45.5 Å². The van der Waals surface area contributed by atoms with Crippen molar-refractivity contribution in [3.05, 3.63) is 28.2 Å². The minimum atomic E-state index is -1.42. The molecule has 21 heavy (non-hydrogen) atoms. The average Bonchev–Trinajstić information content (AvgIpc) is 2.36. The standard InChI is InChI=1S/C13H14BrNO5S/c1-7-4-8(14)2-3-10(7)21-6-11(16)15-9(13(19)20)5-12(17)18/h2-4,9H,5-6H2,1H3,(H,15,16)(H,17,18)(H,19,20). The molecule has 114 valence electrons. The molecular weight excluding hydrogens is 362 g/mol. The number of nitrogens with one attached hydrogen (secondary N) is 1. The summed E-state index contributed by atoms with van der Waals surface area (Å²) in [5.74, 6) is -3.14. The van der Waals surface area contributed by atoms with Crippen molar-refractivity contribution in [2.24, 2.45) is 0 Å². The van der Waals surface area contributed by atoms with E-state index in [1.165, 1.54) is 11.8 Å². The van der Waals surface area contributed by atoms with Gasteiger partial charge in [-0.3, -0.25) is 9.59 Å². The first-order valence-electron chi connectivity index (χ1n) is 5.92. The van der Waals surface area contributed by atoms with E-state index in [1.807, 2.05) is 25.1 Å². The monoisotopic (exact) mass is 375 g/mol. The summed E-state index contributed by atoms with van der Waals surface area (Å²) >= 11 is 4.60. The third-order valence-corrected chi connectivity index (χ3v) is 4.18. The highest BCUT2D eigenvalue weighted by Gasteiger charge is 2.22. The highest BCUT2D eigenvalue weighted by Crippen LogP contribution is 2.25. The first kappa shape index (κ1) is 17.5. The third-order valence-electron chi connectivity index (χ3n) is 2.51. The molecule has 0 aliphatic rings. The molecule has 1 aromatic carbocycles. The fraction of sp³-hybridized carbons (Fsp3) is 0.308. The van der Waals surface area contributed by atoms with E-state index in [1.54, 1.807) is 0 Å². The maximum absolute atomic E-state index is 11.7. The average molecular weight is 376 g/mol. The summed E-state index contributed by atoms with van der Waals surface area (Å²) in [5, 5.41) is 19.6. The van der Waals surface area contributed by atoms with Gasteiger partial charge in [-0.1, -0.05) is 15.9 Å². The van der Waals surface area contributed by atoms with E-state index in [2.05, 4.69) is 21.2 Å². The molecule has 0 saturated carbocycles. The van der Waals surface area contributed by atoms with Crippen LogP contribution >= 0.6 is 27.7 Å². The highest BCUT2D eigenvalue weighted by atomic mass is 79.9. The van der Waals surface area contributed by atoms with E-state index in [0.717, 1.165) is 14.9 Å². The number of carbonyl (C=O) groups is 3. The minimum Gasteiger partial charge on any atom is -0.481 e. The number of benzene rings is 1. The van der Waals surface area contributed by atoms with Gasteiger partial charge in [0, 0.05) is 9.37 Å². The lowest BCUT2D eigenvalue weighted by atomic mass is 10.2. The van der Waals surface area contributed by atoms with Gasteiger partial charge in [0.2, 0.25) is 5.91 Å². The summed E-state index contributed by atoms with van der Waals surface area (Å²) in [7, 11) is 0. The fourth-order valence-corrected chi connectivity index (χ4v) is 2.83. The predicted molar refractivity (Wildman–Crippen MR) is 81.4 cm³/mol. The molecule has 1 amide bonds. The molecule has 0 aliphatic heterocycles. The first-order valence-corrected chi connectivity index (χ1v) is 7.70. The number of aliphatic carboxylic acids is 2. The van der Waals surface area contributed by atoms with E-state index < -0.39 is 30.3 Å². The molecule has 1 atom stereocenters. The van der Waals surface area contributed by atoms with E-state index in [4.69, 9.17) is 10.2 Å². The summed E-state index contributed by atoms with van der Waals surface area (Å²) in [6.45, 7) is 1.90. The smallest absolute Gasteiger partial charge is 0.326 e. The van der Waals surface area contributed by atoms with Crippen molar-refractivity contribution < 1.29 is 24.6 Å². The summed E-state index contributed by atoms with van der Waals surface area (Å²) in [5.41, 5.74) is 0.988. The van der Waals surface area contributed by atoms with Gasteiger partial charge in [-0.2, -0.15) is 0 Å². The lowest BCUT2D eigenvalue weighted by Crippen LogP contribution is -2.43. The maximum Gasteiger partial charge on any atom is 0.326 e. The molecule has 0 saturated heterocycles. The number of amides is 1. The number of carboxylic acid groups (broad SMARTS) is 2. The summed E-state index contributed by atoms with van der Waals surface area (Å²) in [4.78, 5) is 34.0. The zero-order valence-corrected chi connectivity index (χ0v) is 13.5. The van der Waals surface area contributed by atoms with Gasteiger partial charge >= 0.3 is 11.9 Å². The molecule has 0 aliphatic carbocycles. The number of carbonyl (C=O) groups excluding carboxylic acids is 1. The molecule has 1 aromatic rings. The Morgan fingerprint density at radius 2 is 2.00 bits per heavy atom. The van der Waals surface area contributed by atoms with Crippen molar-refractivity contribution in [2.75, 3.05) is 5.75 Å². The zero-order chi connectivity index (χ0) is 16.0. The lowest BCUT2D eigenvalue weighted by Gasteiger charge is -2.12. The van der Waals surface area contributed by atoms with Crippen LogP contribution in [0, 0.1) is 6.92 Å². The fourth-order valence-electron chi connectivity index (χ4n) is 1.53. The number of hydrogen-bond donors (Lipinski definition) is 3. The molecule has 6 nitrogen and oxygen atoms in total. The molecule has 0 aromatic heterocycles. The van der Waals surface area contributed by atoms with E-state index in [-0.39, 0.29) is 5.75 Å². The second-order valence-electron chi connectivity index (χ2n) is 4.25. The Labute approximate surface area is 134 Å². The van der Waals surface area contributed by atoms with Crippen molar-refractivity contribution in [3.8, 4) is 0 Å². The lowest BCUT2D eigenvalue weighted by molar-refractivity contribution is -0.147. The molecule has 8 heteroatoms. The Hall–Kier alpha value is -1.54. The van der Waals surface area contributed by atoms with Gasteiger partial charge in [-0.05, 0) is 30.7 Å². The van der Waals surface area contributed by atoms with E-state index in [9.17, 15) is 14.4 Å². The molecule has 0 heterocycles. The largest absolute Gasteiger partial charge is 0.481 e. The Morgan fingerprint density at radius 1 is 1.33 bits per heavy atom. The van der Waals surface area contributed by atoms with Crippen LogP contribution in [-0.2, 0) is 14.4 Å². The van der Waals surface area contributed by atoms with Crippen LogP contribution in [0.15, 0.2) is 27.6 Å². The second kappa shape index (κ2) is 8.04. The maximum atomic E-state index is 11.7. The van der Waals surface area contributed by atoms with Gasteiger partial charge in [0.05, 0.1) is 12.2 Å². The first-order chi connectivity index (χ1) is 9.79. The number of halogens is 1. The van der Waals surface area contributed by atoms with Crippen LogP contribution in [-0.4, -0.2) is 39.9 Å². The van der Waals surface area contributed by atoms with Crippen LogP contribution in [0.25, 0.3) is 0 Å². The van der Waals surface area contributed by atoms with Crippen LogP contribution in [0.2, 0.25) is 0 Å². The van der Waals surface area contributed by atoms with E-state index in [0.29, 0.717) is 0 Å². The highest BCUT2D eigenvalue weighted by molar-refractivity contribution is 9.10. The Balaban J connectivity index is 2.56. The molecule has 0 fully saturated rings. The number of aryl methyl sites for hydroxylation is 1. The number of rotatable bonds is 7. The van der Waals surface area contributed by atoms with Gasteiger partial charge in [0.25, 0.3) is 0 Å². The van der Waals surface area contributed by atoms with Crippen LogP contribution in [0.1, 0.15) is 12.0 Å². The molecule has 3 N–H and O–H groups in total. The van der Waals surface area contributed by atoms with Crippen LogP contribution in [0.5, 0.6) is 0 Å². The van der Waals surface area contributed by atoms with Crippen molar-refractivity contribution in [3.63, 3.8) is 0 Å². The van der Waals surface area contributed by atoms with Gasteiger partial charge in [-0.25, -0.2) is 4.79 Å². The van der Waals surface area contributed by atoms with E-state index >= 15 is 0 Å². The molecule has 1 rings (SSSR count). The summed E-state index contributed by atoms with van der Waals surface area (Å²) in [6, 6.07) is 4.19. The predicted octanol–water partition coefficient (Wildman–Crippen LogP) is 1.89. The second-order valence-corrected chi connectivity index (χ2v) is 6.19. The van der Waals surface area contributed by atoms with Crippen molar-refractivity contribution in [1.82, 2.24) is 5.32 Å². The Kier molecular flexibility index (Phi) is 6.70. The summed E-state index contributed by atoms with van der Waals surface area (Å²) in [6.07, 6.45) is -0.650. The van der Waals surface area contributed by atoms with Crippen molar-refractivity contribution in [2.45, 2.75) is 24.3 Å². The molecule has 1 unspecified atom stereocenters. The quantitative estimate of drug-likeness (QED) is 0.628. The minimum absolute atomic E-state index is 0.0197. The van der Waals surface area contributed by atoms with Crippen molar-refractivity contribution in [1.29, 1.82) is 0 Å². The Morgan fingerprint density at radius 3 is 2.52 bits per heavy atom. The third kappa shape index (κ3) is 6.17. The van der Waals surface area contributed by atoms with Gasteiger partial charge in [-0.15, -0.1) is 11.8 Å². The van der Waals surface area contributed by atoms with Gasteiger partial charge < -0.3 is 15.5 Å². The molecule has 0 radical (unpaired) electrons. The van der Waals surface area contributed by atoms with Crippen LogP contribution in [0.4, 0.5) is 0 Å². The zero-order valence-electron chi connectivity index (χ0n) is 11.1. The normalized spacial score (nSPS) is 11.7. The number of thioether (sulfide) groups is 1. The number of carboxylic acids is 2. The molecule has 0 spiro atoms. The topological polar surface area (TPSA) is 104 Å².